The topological polar surface area (TPSA) is 78.5 Å². The third-order valence-electron chi connectivity index (χ3n) is 8.00. The molecule has 0 bridgehead atoms. The van der Waals surface area contributed by atoms with Crippen molar-refractivity contribution in [3.8, 4) is 11.1 Å². The van der Waals surface area contributed by atoms with Crippen molar-refractivity contribution in [3.63, 3.8) is 0 Å². The van der Waals surface area contributed by atoms with Crippen molar-refractivity contribution in [2.45, 2.75) is 45.4 Å². The van der Waals surface area contributed by atoms with Gasteiger partial charge < -0.3 is 10.6 Å². The third-order valence-corrected chi connectivity index (χ3v) is 8.68. The molecular formula is C33H33FN6S. The number of fused-ring (bicyclic) bond motifs is 2. The zero-order valence-electron chi connectivity index (χ0n) is 23.1. The molecular weight excluding hydrogens is 531 g/mol. The van der Waals surface area contributed by atoms with E-state index < -0.39 is 0 Å². The number of nitrogens with zero attached hydrogens (tertiary/aromatic N) is 3. The standard InChI is InChI=1S/C33H33FN6S/c1-4-21(17-24(5-2)37-20(3)22-9-7-6-8-10-22)27-18-36-33-29(30(27)34)31(39-40-33)28-12-11-26-25(23-14-16-41-19-23)13-15-35-32(26)38-28/h4-5,12-19,22,37H,2-3,6-11H2,1H3,(H,35,38)(H,36,39,40)/b21-4+,24-17+. The van der Waals surface area contributed by atoms with Crippen molar-refractivity contribution >= 4 is 39.5 Å². The number of hydrogen-bond donors (Lipinski definition) is 3. The minimum absolute atomic E-state index is 0.321. The van der Waals surface area contributed by atoms with E-state index in [0.717, 1.165) is 46.9 Å². The molecule has 3 N–H and O–H groups in total. The van der Waals surface area contributed by atoms with Crippen LogP contribution in [0.15, 0.2) is 84.1 Å². The first kappa shape index (κ1) is 26.9. The Morgan fingerprint density at radius 2 is 2.05 bits per heavy atom. The zero-order valence-corrected chi connectivity index (χ0v) is 24.0. The van der Waals surface area contributed by atoms with Crippen LogP contribution in [0.3, 0.4) is 0 Å². The average Bonchev–Trinajstić information content (AvgIpc) is 3.71. The summed E-state index contributed by atoms with van der Waals surface area (Å²) in [6, 6.07) is 4.14. The summed E-state index contributed by atoms with van der Waals surface area (Å²) in [5, 5.41) is 18.7. The molecule has 0 radical (unpaired) electrons. The van der Waals surface area contributed by atoms with Crippen LogP contribution in [0.1, 0.15) is 55.8 Å². The predicted octanol–water partition coefficient (Wildman–Crippen LogP) is 8.39. The maximum absolute atomic E-state index is 16.3. The van der Waals surface area contributed by atoms with E-state index in [9.17, 15) is 0 Å². The highest BCUT2D eigenvalue weighted by Gasteiger charge is 2.24. The van der Waals surface area contributed by atoms with Gasteiger partial charge in [0.2, 0.25) is 0 Å². The smallest absolute Gasteiger partial charge is 0.184 e. The number of rotatable bonds is 8. The first-order valence-corrected chi connectivity index (χ1v) is 15.0. The highest BCUT2D eigenvalue weighted by atomic mass is 32.1. The molecule has 41 heavy (non-hydrogen) atoms. The predicted molar refractivity (Wildman–Crippen MR) is 167 cm³/mol. The fourth-order valence-corrected chi connectivity index (χ4v) is 6.41. The van der Waals surface area contributed by atoms with Gasteiger partial charge in [-0.05, 0) is 83.8 Å². The fourth-order valence-electron chi connectivity index (χ4n) is 5.76. The van der Waals surface area contributed by atoms with E-state index in [2.05, 4.69) is 60.8 Å². The van der Waals surface area contributed by atoms with Gasteiger partial charge in [0.25, 0.3) is 0 Å². The van der Waals surface area contributed by atoms with Crippen LogP contribution in [0.2, 0.25) is 0 Å². The lowest BCUT2D eigenvalue weighted by Crippen LogP contribution is -2.20. The SMILES string of the molecule is C=C/C(=C\C(=C/C)c1cnc2n[nH]c(C3=CCc4c(-c5ccsc5)ccnc4N3)c2c1F)NC(=C)C1CCCCC1. The van der Waals surface area contributed by atoms with Crippen molar-refractivity contribution < 1.29 is 4.39 Å². The Hall–Kier alpha value is -4.30. The number of aromatic amines is 1. The molecule has 4 aromatic heterocycles. The van der Waals surface area contributed by atoms with Crippen molar-refractivity contribution in [2.24, 2.45) is 5.92 Å². The summed E-state index contributed by atoms with van der Waals surface area (Å²) in [6.07, 6.45) is 17.6. The molecule has 2 aliphatic rings. The molecule has 0 saturated heterocycles. The van der Waals surface area contributed by atoms with E-state index in [1.165, 1.54) is 31.0 Å². The van der Waals surface area contributed by atoms with Crippen molar-refractivity contribution in [1.29, 1.82) is 0 Å². The normalized spacial score (nSPS) is 16.2. The molecule has 6 rings (SSSR count). The number of pyridine rings is 2. The van der Waals surface area contributed by atoms with Crippen LogP contribution in [0, 0.1) is 11.7 Å². The second kappa shape index (κ2) is 11.7. The lowest BCUT2D eigenvalue weighted by molar-refractivity contribution is 0.393. The molecule has 1 saturated carbocycles. The number of halogens is 1. The van der Waals surface area contributed by atoms with E-state index in [1.54, 1.807) is 23.6 Å². The van der Waals surface area contributed by atoms with Crippen LogP contribution in [0.25, 0.3) is 33.4 Å². The fraction of sp³-hybridized carbons (Fsp3) is 0.242. The molecule has 0 atom stereocenters. The Bertz CT molecular complexity index is 1700. The molecule has 4 aromatic rings. The lowest BCUT2D eigenvalue weighted by atomic mass is 9.87. The first-order valence-electron chi connectivity index (χ1n) is 14.0. The molecule has 5 heterocycles. The van der Waals surface area contributed by atoms with Gasteiger partial charge in [-0.3, -0.25) is 5.10 Å². The number of aromatic nitrogens is 4. The van der Waals surface area contributed by atoms with Gasteiger partial charge in [0.15, 0.2) is 5.65 Å². The lowest BCUT2D eigenvalue weighted by Gasteiger charge is -2.25. The van der Waals surface area contributed by atoms with Gasteiger partial charge in [-0.15, -0.1) is 0 Å². The molecule has 6 nitrogen and oxygen atoms in total. The average molecular weight is 565 g/mol. The molecule has 8 heteroatoms. The summed E-state index contributed by atoms with van der Waals surface area (Å²) in [4.78, 5) is 9.08. The number of allylic oxidation sites excluding steroid dienone is 6. The highest BCUT2D eigenvalue weighted by Crippen LogP contribution is 2.37. The number of thiophene rings is 1. The molecule has 0 amide bonds. The molecule has 0 spiro atoms. The van der Waals surface area contributed by atoms with Crippen LogP contribution in [0.4, 0.5) is 10.2 Å². The summed E-state index contributed by atoms with van der Waals surface area (Å²) in [5.74, 6) is 0.822. The molecule has 0 aromatic carbocycles. The Balaban J connectivity index is 1.31. The van der Waals surface area contributed by atoms with E-state index in [-0.39, 0.29) is 5.82 Å². The Labute approximate surface area is 243 Å². The molecule has 1 aliphatic heterocycles. The monoisotopic (exact) mass is 564 g/mol. The maximum Gasteiger partial charge on any atom is 0.184 e. The Kier molecular flexibility index (Phi) is 7.65. The van der Waals surface area contributed by atoms with Gasteiger partial charge in [-0.1, -0.05) is 44.6 Å². The quantitative estimate of drug-likeness (QED) is 0.187. The van der Waals surface area contributed by atoms with Gasteiger partial charge in [-0.2, -0.15) is 16.4 Å². The van der Waals surface area contributed by atoms with Crippen LogP contribution < -0.4 is 10.6 Å². The summed E-state index contributed by atoms with van der Waals surface area (Å²) in [7, 11) is 0. The van der Waals surface area contributed by atoms with Crippen molar-refractivity contribution in [1.82, 2.24) is 25.5 Å². The van der Waals surface area contributed by atoms with Crippen LogP contribution >= 0.6 is 11.3 Å². The first-order chi connectivity index (χ1) is 20.1. The van der Waals surface area contributed by atoms with E-state index in [1.807, 2.05) is 31.2 Å². The van der Waals surface area contributed by atoms with Gasteiger partial charge >= 0.3 is 0 Å². The van der Waals surface area contributed by atoms with Gasteiger partial charge in [0.05, 0.1) is 16.8 Å². The van der Waals surface area contributed by atoms with Gasteiger partial charge in [0.1, 0.15) is 11.6 Å². The summed E-state index contributed by atoms with van der Waals surface area (Å²) < 4.78 is 16.3. The number of nitrogens with one attached hydrogen (secondary N) is 3. The molecule has 208 valence electrons. The molecule has 1 aliphatic carbocycles. The van der Waals surface area contributed by atoms with E-state index in [4.69, 9.17) is 0 Å². The summed E-state index contributed by atoms with van der Waals surface area (Å²) in [5.41, 5.74) is 7.87. The van der Waals surface area contributed by atoms with Crippen LogP contribution in [-0.4, -0.2) is 20.2 Å². The Morgan fingerprint density at radius 1 is 1.20 bits per heavy atom. The number of H-pyrrole nitrogens is 1. The van der Waals surface area contributed by atoms with Gasteiger partial charge in [-0.25, -0.2) is 14.4 Å². The maximum atomic E-state index is 16.3. The number of hydrogen-bond acceptors (Lipinski definition) is 6. The summed E-state index contributed by atoms with van der Waals surface area (Å²) in [6.45, 7) is 10.2. The van der Waals surface area contributed by atoms with Crippen molar-refractivity contribution in [2.75, 3.05) is 5.32 Å². The van der Waals surface area contributed by atoms with Crippen LogP contribution in [-0.2, 0) is 6.42 Å². The molecule has 0 unspecified atom stereocenters. The van der Waals surface area contributed by atoms with Crippen LogP contribution in [0.5, 0.6) is 0 Å². The second-order valence-corrected chi connectivity index (χ2v) is 11.2. The highest BCUT2D eigenvalue weighted by molar-refractivity contribution is 7.08. The van der Waals surface area contributed by atoms with E-state index in [0.29, 0.717) is 40.2 Å². The largest absolute Gasteiger partial charge is 0.359 e. The summed E-state index contributed by atoms with van der Waals surface area (Å²) >= 11 is 1.67. The van der Waals surface area contributed by atoms with Crippen molar-refractivity contribution in [3.05, 3.63) is 107 Å². The Morgan fingerprint density at radius 3 is 2.80 bits per heavy atom. The molecule has 1 fully saturated rings. The number of anilines is 1. The minimum atomic E-state index is -0.383. The second-order valence-electron chi connectivity index (χ2n) is 10.5. The third kappa shape index (κ3) is 5.27. The van der Waals surface area contributed by atoms with Gasteiger partial charge in [0, 0.05) is 34.9 Å². The minimum Gasteiger partial charge on any atom is -0.359 e. The van der Waals surface area contributed by atoms with E-state index >= 15 is 4.39 Å². The zero-order chi connectivity index (χ0) is 28.3.